The Morgan fingerprint density at radius 2 is 1.90 bits per heavy atom. The maximum Gasteiger partial charge on any atom is 0.335 e. The van der Waals surface area contributed by atoms with Gasteiger partial charge in [0.05, 0.1) is 11.3 Å². The molecule has 1 aliphatic heterocycles. The van der Waals surface area contributed by atoms with E-state index in [1.165, 1.54) is 5.56 Å². The molecule has 30 heavy (non-hydrogen) atoms. The van der Waals surface area contributed by atoms with Gasteiger partial charge in [-0.25, -0.2) is 9.18 Å². The van der Waals surface area contributed by atoms with Crippen molar-refractivity contribution >= 4 is 16.9 Å². The Balaban J connectivity index is 1.85. The van der Waals surface area contributed by atoms with E-state index in [1.54, 1.807) is 12.1 Å². The number of fused-ring (bicyclic) bond motifs is 5. The van der Waals surface area contributed by atoms with Crippen LogP contribution in [-0.2, 0) is 13.1 Å². The highest BCUT2D eigenvalue weighted by molar-refractivity contribution is 5.98. The van der Waals surface area contributed by atoms with Crippen molar-refractivity contribution in [1.82, 2.24) is 9.47 Å². The second-order valence-electron chi connectivity index (χ2n) is 8.75. The summed E-state index contributed by atoms with van der Waals surface area (Å²) in [5.74, 6) is -1.07. The Kier molecular flexibility index (Phi) is 4.86. The lowest BCUT2D eigenvalue weighted by atomic mass is 9.80. The summed E-state index contributed by atoms with van der Waals surface area (Å²) in [6.45, 7) is 2.45. The van der Waals surface area contributed by atoms with Gasteiger partial charge in [-0.2, -0.15) is 0 Å². The average molecular weight is 407 g/mol. The molecule has 0 saturated heterocycles. The van der Waals surface area contributed by atoms with Crippen LogP contribution >= 0.6 is 0 Å². The van der Waals surface area contributed by atoms with Gasteiger partial charge in [-0.1, -0.05) is 43.2 Å². The fourth-order valence-corrected chi connectivity index (χ4v) is 5.35. The monoisotopic (exact) mass is 406 g/mol. The van der Waals surface area contributed by atoms with Gasteiger partial charge >= 0.3 is 5.97 Å². The summed E-state index contributed by atoms with van der Waals surface area (Å²) in [7, 11) is 2.11. The smallest absolute Gasteiger partial charge is 0.335 e. The first-order valence-corrected chi connectivity index (χ1v) is 10.8. The van der Waals surface area contributed by atoms with Crippen LogP contribution in [0, 0.1) is 0 Å². The molecule has 1 N–H and O–H groups in total. The van der Waals surface area contributed by atoms with Crippen molar-refractivity contribution in [2.45, 2.75) is 50.9 Å². The predicted molar refractivity (Wildman–Crippen MR) is 117 cm³/mol. The molecule has 156 valence electrons. The fraction of sp³-hybridized carbons (Fsp3) is 0.400. The minimum absolute atomic E-state index is 0.140. The number of hydrogen-bond acceptors (Lipinski definition) is 2. The number of benzene rings is 2. The van der Waals surface area contributed by atoms with Crippen molar-refractivity contribution < 1.29 is 14.3 Å². The summed E-state index contributed by atoms with van der Waals surface area (Å²) in [5.41, 5.74) is 5.72. The van der Waals surface area contributed by atoms with Crippen molar-refractivity contribution in [2.75, 3.05) is 13.6 Å². The molecule has 1 aromatic heterocycles. The number of likely N-dealkylation sites (N-methyl/N-ethyl adjacent to an activating group) is 1. The maximum atomic E-state index is 15.2. The summed E-state index contributed by atoms with van der Waals surface area (Å²) in [6.07, 6.45) is 2.57. The van der Waals surface area contributed by atoms with Crippen molar-refractivity contribution in [2.24, 2.45) is 0 Å². The number of alkyl halides is 1. The highest BCUT2D eigenvalue weighted by atomic mass is 19.1. The zero-order valence-electron chi connectivity index (χ0n) is 17.3. The lowest BCUT2D eigenvalue weighted by molar-refractivity contribution is 0.0697. The van der Waals surface area contributed by atoms with Crippen LogP contribution < -0.4 is 0 Å². The highest BCUT2D eigenvalue weighted by Crippen LogP contribution is 2.46. The first kappa shape index (κ1) is 19.3. The molecule has 4 nitrogen and oxygen atoms in total. The molecule has 1 fully saturated rings. The first-order chi connectivity index (χ1) is 14.5. The fourth-order valence-electron chi connectivity index (χ4n) is 5.35. The number of carboxylic acid groups (broad SMARTS) is 1. The summed E-state index contributed by atoms with van der Waals surface area (Å²) < 4.78 is 17.5. The van der Waals surface area contributed by atoms with Crippen LogP contribution in [0.3, 0.4) is 0 Å². The molecule has 0 spiro atoms. The number of rotatable bonds is 2. The van der Waals surface area contributed by atoms with Crippen molar-refractivity contribution in [3.05, 3.63) is 59.2 Å². The molecule has 3 aromatic rings. The van der Waals surface area contributed by atoms with E-state index in [9.17, 15) is 9.90 Å². The molecule has 5 heteroatoms. The van der Waals surface area contributed by atoms with Crippen molar-refractivity contribution in [3.8, 4) is 11.3 Å². The molecule has 2 aromatic carbocycles. The van der Waals surface area contributed by atoms with E-state index in [0.717, 1.165) is 66.6 Å². The molecule has 0 unspecified atom stereocenters. The summed E-state index contributed by atoms with van der Waals surface area (Å²) in [6, 6.07) is 13.7. The van der Waals surface area contributed by atoms with E-state index in [4.69, 9.17) is 0 Å². The van der Waals surface area contributed by atoms with Crippen LogP contribution in [0.25, 0.3) is 22.2 Å². The van der Waals surface area contributed by atoms with E-state index in [1.807, 2.05) is 12.1 Å². The molecular weight excluding hydrogens is 379 g/mol. The van der Waals surface area contributed by atoms with Crippen LogP contribution in [0.2, 0.25) is 0 Å². The second kappa shape index (κ2) is 7.55. The number of carboxylic acids is 1. The van der Waals surface area contributed by atoms with Gasteiger partial charge in [-0.15, -0.1) is 0 Å². The molecule has 0 radical (unpaired) electrons. The molecule has 1 saturated carbocycles. The Bertz CT molecular complexity index is 1120. The van der Waals surface area contributed by atoms with Gasteiger partial charge < -0.3 is 14.6 Å². The topological polar surface area (TPSA) is 45.5 Å². The molecule has 0 amide bonds. The SMILES string of the molecule is CN1CCn2c(c([C@@H]3CCCC[C@H]3F)c3ccc(C(=O)O)cc32)-c2ccccc2C1. The lowest BCUT2D eigenvalue weighted by Crippen LogP contribution is -2.26. The van der Waals surface area contributed by atoms with Gasteiger partial charge in [0.25, 0.3) is 0 Å². The van der Waals surface area contributed by atoms with E-state index >= 15 is 4.39 Å². The Labute approximate surface area is 175 Å². The summed E-state index contributed by atoms with van der Waals surface area (Å²) >= 11 is 0. The largest absolute Gasteiger partial charge is 0.478 e. The first-order valence-electron chi connectivity index (χ1n) is 10.8. The summed E-state index contributed by atoms with van der Waals surface area (Å²) in [4.78, 5) is 14.0. The molecule has 5 rings (SSSR count). The van der Waals surface area contributed by atoms with Crippen molar-refractivity contribution in [3.63, 3.8) is 0 Å². The standard InChI is InChI=1S/C25H27FN2O2/c1-27-12-13-28-22-14-16(25(29)30)10-11-20(22)23(19-8-4-5-9-21(19)26)24(28)18-7-3-2-6-17(18)15-27/h2-3,6-7,10-11,14,19,21H,4-5,8-9,12-13,15H2,1H3,(H,29,30)/t19-,21-/m1/s1. The van der Waals surface area contributed by atoms with Crippen LogP contribution in [0.5, 0.6) is 0 Å². The molecule has 0 bridgehead atoms. The van der Waals surface area contributed by atoms with E-state index < -0.39 is 12.1 Å². The molecular formula is C25H27FN2O2. The number of aromatic nitrogens is 1. The highest BCUT2D eigenvalue weighted by Gasteiger charge is 2.33. The Hall–Kier alpha value is -2.66. The Morgan fingerprint density at radius 1 is 1.10 bits per heavy atom. The third-order valence-corrected chi connectivity index (χ3v) is 6.82. The normalized spacial score (nSPS) is 22.2. The van der Waals surface area contributed by atoms with E-state index in [2.05, 4.69) is 34.7 Å². The number of aromatic carboxylic acids is 1. The number of hydrogen-bond donors (Lipinski definition) is 1. The van der Waals surface area contributed by atoms with Gasteiger partial charge in [-0.05, 0) is 43.1 Å². The summed E-state index contributed by atoms with van der Waals surface area (Å²) in [5, 5.41) is 10.6. The minimum Gasteiger partial charge on any atom is -0.478 e. The Morgan fingerprint density at radius 3 is 2.70 bits per heavy atom. The minimum atomic E-state index is -0.932. The molecule has 2 atom stereocenters. The number of carbonyl (C=O) groups is 1. The van der Waals surface area contributed by atoms with Crippen LogP contribution in [0.1, 0.15) is 53.1 Å². The lowest BCUT2D eigenvalue weighted by Gasteiger charge is -2.29. The molecule has 2 aliphatic rings. The van der Waals surface area contributed by atoms with Gasteiger partial charge in [-0.3, -0.25) is 0 Å². The number of nitrogens with zero attached hydrogens (tertiary/aromatic N) is 2. The van der Waals surface area contributed by atoms with Gasteiger partial charge in [0.1, 0.15) is 6.17 Å². The van der Waals surface area contributed by atoms with Crippen LogP contribution in [-0.4, -0.2) is 40.3 Å². The van der Waals surface area contributed by atoms with Gasteiger partial charge in [0.2, 0.25) is 0 Å². The molecule has 2 heterocycles. The van der Waals surface area contributed by atoms with Gasteiger partial charge in [0, 0.05) is 42.0 Å². The quantitative estimate of drug-likeness (QED) is 0.616. The maximum absolute atomic E-state index is 15.2. The molecule has 1 aliphatic carbocycles. The third-order valence-electron chi connectivity index (χ3n) is 6.82. The van der Waals surface area contributed by atoms with Crippen LogP contribution in [0.4, 0.5) is 4.39 Å². The van der Waals surface area contributed by atoms with Gasteiger partial charge in [0.15, 0.2) is 0 Å². The predicted octanol–water partition coefficient (Wildman–Crippen LogP) is 5.45. The average Bonchev–Trinajstić information content (AvgIpc) is 3.04. The zero-order chi connectivity index (χ0) is 20.8. The van der Waals surface area contributed by atoms with E-state index in [-0.39, 0.29) is 11.5 Å². The second-order valence-corrected chi connectivity index (χ2v) is 8.75. The third kappa shape index (κ3) is 3.12. The van der Waals surface area contributed by atoms with Crippen LogP contribution in [0.15, 0.2) is 42.5 Å². The van der Waals surface area contributed by atoms with E-state index in [0.29, 0.717) is 6.42 Å². The zero-order valence-corrected chi connectivity index (χ0v) is 17.3. The number of halogens is 1. The van der Waals surface area contributed by atoms with Crippen molar-refractivity contribution in [1.29, 1.82) is 0 Å².